The smallest absolute Gasteiger partial charge is 0.141 e. The average molecular weight is 251 g/mol. The Morgan fingerprint density at radius 2 is 1.89 bits per heavy atom. The van der Waals surface area contributed by atoms with Crippen molar-refractivity contribution < 1.29 is 5.11 Å². The van der Waals surface area contributed by atoms with Gasteiger partial charge in [-0.15, -0.1) is 0 Å². The second-order valence-electron chi connectivity index (χ2n) is 4.39. The van der Waals surface area contributed by atoms with Crippen molar-refractivity contribution in [2.45, 2.75) is 6.92 Å². The molecule has 19 heavy (non-hydrogen) atoms. The second kappa shape index (κ2) is 4.57. The number of aromatic hydroxyl groups is 1. The van der Waals surface area contributed by atoms with Crippen LogP contribution in [0.25, 0.3) is 10.9 Å². The van der Waals surface area contributed by atoms with Crippen molar-refractivity contribution in [1.29, 1.82) is 0 Å². The number of benzene rings is 2. The highest BCUT2D eigenvalue weighted by Crippen LogP contribution is 2.29. The van der Waals surface area contributed by atoms with Crippen molar-refractivity contribution in [3.63, 3.8) is 0 Å². The van der Waals surface area contributed by atoms with Gasteiger partial charge < -0.3 is 10.4 Å². The fraction of sp³-hybridized carbons (Fsp3) is 0.0667. The van der Waals surface area contributed by atoms with Gasteiger partial charge in [-0.3, -0.25) is 0 Å². The zero-order chi connectivity index (χ0) is 13.2. The lowest BCUT2D eigenvalue weighted by Gasteiger charge is -2.10. The monoisotopic (exact) mass is 251 g/mol. The molecule has 0 aliphatic heterocycles. The summed E-state index contributed by atoms with van der Waals surface area (Å²) in [6.07, 6.45) is 1.51. The Morgan fingerprint density at radius 1 is 1.05 bits per heavy atom. The Morgan fingerprint density at radius 3 is 2.74 bits per heavy atom. The van der Waals surface area contributed by atoms with Crippen molar-refractivity contribution in [2.75, 3.05) is 5.32 Å². The molecule has 0 aliphatic rings. The number of hydrogen-bond donors (Lipinski definition) is 2. The molecule has 0 saturated carbocycles. The molecule has 0 amide bonds. The molecule has 0 saturated heterocycles. The average Bonchev–Trinajstić information content (AvgIpc) is 2.42. The number of phenolic OH excluding ortho intramolecular Hbond substituents is 1. The van der Waals surface area contributed by atoms with Gasteiger partial charge in [-0.05, 0) is 36.8 Å². The first kappa shape index (κ1) is 11.5. The van der Waals surface area contributed by atoms with Crippen LogP contribution < -0.4 is 5.32 Å². The minimum atomic E-state index is 0.211. The molecule has 0 fully saturated rings. The number of fused-ring (bicyclic) bond motifs is 1. The van der Waals surface area contributed by atoms with Crippen LogP contribution in [0.3, 0.4) is 0 Å². The lowest BCUT2D eigenvalue weighted by Crippen LogP contribution is -1.96. The summed E-state index contributed by atoms with van der Waals surface area (Å²) in [4.78, 5) is 8.44. The number of aromatic nitrogens is 2. The first-order valence-electron chi connectivity index (χ1n) is 6.00. The topological polar surface area (TPSA) is 58.0 Å². The minimum Gasteiger partial charge on any atom is -0.506 e. The normalized spacial score (nSPS) is 10.6. The van der Waals surface area contributed by atoms with E-state index in [1.54, 1.807) is 6.07 Å². The molecule has 1 heterocycles. The van der Waals surface area contributed by atoms with Gasteiger partial charge in [0.2, 0.25) is 0 Å². The van der Waals surface area contributed by atoms with Crippen molar-refractivity contribution in [3.05, 3.63) is 54.4 Å². The van der Waals surface area contributed by atoms with Crippen LogP contribution in [0.1, 0.15) is 5.56 Å². The van der Waals surface area contributed by atoms with E-state index < -0.39 is 0 Å². The van der Waals surface area contributed by atoms with Gasteiger partial charge in [0.15, 0.2) is 0 Å². The summed E-state index contributed by atoms with van der Waals surface area (Å²) in [6.45, 7) is 1.93. The van der Waals surface area contributed by atoms with Gasteiger partial charge >= 0.3 is 0 Å². The summed E-state index contributed by atoms with van der Waals surface area (Å²) in [5.74, 6) is 0.896. The molecule has 0 bridgehead atoms. The van der Waals surface area contributed by atoms with Crippen molar-refractivity contribution in [1.82, 2.24) is 9.97 Å². The van der Waals surface area contributed by atoms with Crippen molar-refractivity contribution in [2.24, 2.45) is 0 Å². The van der Waals surface area contributed by atoms with E-state index in [0.29, 0.717) is 11.5 Å². The van der Waals surface area contributed by atoms with E-state index in [1.807, 2.05) is 43.3 Å². The number of anilines is 2. The van der Waals surface area contributed by atoms with E-state index in [-0.39, 0.29) is 5.75 Å². The van der Waals surface area contributed by atoms with Crippen LogP contribution in [0.15, 0.2) is 48.8 Å². The Hall–Kier alpha value is -2.62. The number of nitrogens with zero attached hydrogens (tertiary/aromatic N) is 2. The molecule has 94 valence electrons. The van der Waals surface area contributed by atoms with Gasteiger partial charge in [-0.2, -0.15) is 0 Å². The van der Waals surface area contributed by atoms with Gasteiger partial charge in [0.05, 0.1) is 11.2 Å². The summed E-state index contributed by atoms with van der Waals surface area (Å²) in [5.41, 5.74) is 2.51. The van der Waals surface area contributed by atoms with Crippen LogP contribution in [0.5, 0.6) is 5.75 Å². The van der Waals surface area contributed by atoms with Gasteiger partial charge in [-0.25, -0.2) is 9.97 Å². The number of nitrogens with one attached hydrogen (secondary N) is 1. The number of rotatable bonds is 2. The Balaban J connectivity index is 2.06. The van der Waals surface area contributed by atoms with Crippen LogP contribution >= 0.6 is 0 Å². The van der Waals surface area contributed by atoms with Crippen LogP contribution in [0.2, 0.25) is 0 Å². The Kier molecular flexibility index (Phi) is 2.76. The maximum Gasteiger partial charge on any atom is 0.141 e. The lowest BCUT2D eigenvalue weighted by molar-refractivity contribution is 0.477. The first-order chi connectivity index (χ1) is 9.24. The number of phenols is 1. The van der Waals surface area contributed by atoms with E-state index >= 15 is 0 Å². The summed E-state index contributed by atoms with van der Waals surface area (Å²) in [7, 11) is 0. The third-order valence-corrected chi connectivity index (χ3v) is 2.95. The van der Waals surface area contributed by atoms with E-state index in [0.717, 1.165) is 16.5 Å². The molecule has 0 spiro atoms. The predicted octanol–water partition coefficient (Wildman–Crippen LogP) is 3.39. The fourth-order valence-corrected chi connectivity index (χ4v) is 1.98. The van der Waals surface area contributed by atoms with E-state index in [9.17, 15) is 5.11 Å². The zero-order valence-electron chi connectivity index (χ0n) is 10.5. The third-order valence-electron chi connectivity index (χ3n) is 2.95. The number of aryl methyl sites for hydroxylation is 1. The first-order valence-corrected chi connectivity index (χ1v) is 6.00. The van der Waals surface area contributed by atoms with Crippen molar-refractivity contribution in [3.8, 4) is 5.75 Å². The molecule has 3 rings (SSSR count). The Bertz CT molecular complexity index is 735. The molecule has 2 aromatic carbocycles. The molecule has 1 aromatic heterocycles. The minimum absolute atomic E-state index is 0.211. The van der Waals surface area contributed by atoms with Gasteiger partial charge in [0, 0.05) is 5.39 Å². The molecule has 4 nitrogen and oxygen atoms in total. The molecule has 0 unspecified atom stereocenters. The fourth-order valence-electron chi connectivity index (χ4n) is 1.98. The zero-order valence-corrected chi connectivity index (χ0v) is 10.5. The summed E-state index contributed by atoms with van der Waals surface area (Å²) >= 11 is 0. The molecule has 2 N–H and O–H groups in total. The standard InChI is InChI=1S/C15H13N3O/c1-10-6-7-13(14(19)8-10)18-15-11-4-2-3-5-12(11)16-9-17-15/h2-9,19H,1H3,(H,16,17,18). The summed E-state index contributed by atoms with van der Waals surface area (Å²) < 4.78 is 0. The highest BCUT2D eigenvalue weighted by atomic mass is 16.3. The molecule has 4 heteroatoms. The maximum absolute atomic E-state index is 9.92. The van der Waals surface area contributed by atoms with Crippen molar-refractivity contribution >= 4 is 22.4 Å². The van der Waals surface area contributed by atoms with Crippen LogP contribution in [0, 0.1) is 6.92 Å². The number of hydrogen-bond acceptors (Lipinski definition) is 4. The summed E-state index contributed by atoms with van der Waals surface area (Å²) in [5, 5.41) is 14.0. The van der Waals surface area contributed by atoms with E-state index in [1.165, 1.54) is 6.33 Å². The molecule has 0 aliphatic carbocycles. The van der Waals surface area contributed by atoms with Gasteiger partial charge in [0.25, 0.3) is 0 Å². The third kappa shape index (κ3) is 2.20. The highest BCUT2D eigenvalue weighted by molar-refractivity contribution is 5.90. The number of para-hydroxylation sites is 1. The van der Waals surface area contributed by atoms with Crippen LogP contribution in [-0.4, -0.2) is 15.1 Å². The van der Waals surface area contributed by atoms with E-state index in [4.69, 9.17) is 0 Å². The van der Waals surface area contributed by atoms with Gasteiger partial charge in [-0.1, -0.05) is 18.2 Å². The second-order valence-corrected chi connectivity index (χ2v) is 4.39. The quantitative estimate of drug-likeness (QED) is 0.685. The van der Waals surface area contributed by atoms with Gasteiger partial charge in [0.1, 0.15) is 17.9 Å². The predicted molar refractivity (Wildman–Crippen MR) is 75.7 cm³/mol. The summed E-state index contributed by atoms with van der Waals surface area (Å²) in [6, 6.07) is 13.2. The van der Waals surface area contributed by atoms with Crippen LogP contribution in [0.4, 0.5) is 11.5 Å². The molecule has 3 aromatic rings. The highest BCUT2D eigenvalue weighted by Gasteiger charge is 2.06. The van der Waals surface area contributed by atoms with Crippen LogP contribution in [-0.2, 0) is 0 Å². The SMILES string of the molecule is Cc1ccc(Nc2ncnc3ccccc23)c(O)c1. The molecule has 0 atom stereocenters. The molecule has 0 radical (unpaired) electrons. The van der Waals surface area contributed by atoms with E-state index in [2.05, 4.69) is 15.3 Å². The maximum atomic E-state index is 9.92. The lowest BCUT2D eigenvalue weighted by atomic mass is 10.2. The Labute approximate surface area is 110 Å². The molecular formula is C15H13N3O. The largest absolute Gasteiger partial charge is 0.506 e. The molecular weight excluding hydrogens is 238 g/mol.